The lowest BCUT2D eigenvalue weighted by Crippen LogP contribution is -2.32. The van der Waals surface area contributed by atoms with Crippen LogP contribution < -0.4 is 5.32 Å². The van der Waals surface area contributed by atoms with Gasteiger partial charge in [0.2, 0.25) is 5.91 Å². The number of thiophene rings is 1. The normalized spacial score (nSPS) is 18.0. The number of nitrogens with zero attached hydrogens (tertiary/aromatic N) is 2. The van der Waals surface area contributed by atoms with E-state index >= 15 is 0 Å². The molecule has 2 heterocycles. The van der Waals surface area contributed by atoms with Crippen molar-refractivity contribution in [1.82, 2.24) is 4.90 Å². The summed E-state index contributed by atoms with van der Waals surface area (Å²) in [4.78, 5) is 15.8. The summed E-state index contributed by atoms with van der Waals surface area (Å²) in [5.74, 6) is -0.0637. The number of hydrogen-bond donors (Lipinski definition) is 1. The van der Waals surface area contributed by atoms with Crippen LogP contribution in [-0.4, -0.2) is 23.9 Å². The van der Waals surface area contributed by atoms with Crippen molar-refractivity contribution < 1.29 is 4.79 Å². The van der Waals surface area contributed by atoms with Gasteiger partial charge in [0.05, 0.1) is 17.8 Å². The SMILES string of the molecule is N#Cc1ccccc1NC(=O)CN1CCC[C@@H]1c1cccs1. The summed E-state index contributed by atoms with van der Waals surface area (Å²) in [6.07, 6.45) is 2.22. The molecule has 4 nitrogen and oxygen atoms in total. The van der Waals surface area contributed by atoms with Crippen molar-refractivity contribution in [2.24, 2.45) is 0 Å². The van der Waals surface area contributed by atoms with Gasteiger partial charge in [-0.3, -0.25) is 9.69 Å². The van der Waals surface area contributed by atoms with E-state index in [1.54, 1.807) is 29.5 Å². The molecular weight excluding hydrogens is 294 g/mol. The Morgan fingerprint density at radius 1 is 1.36 bits per heavy atom. The molecular formula is C17H17N3OS. The zero-order chi connectivity index (χ0) is 15.4. The minimum absolute atomic E-state index is 0.0637. The predicted molar refractivity (Wildman–Crippen MR) is 87.7 cm³/mol. The third-order valence-corrected chi connectivity index (χ3v) is 4.88. The molecule has 1 aromatic carbocycles. The quantitative estimate of drug-likeness (QED) is 0.941. The summed E-state index contributed by atoms with van der Waals surface area (Å²) in [5, 5.41) is 14.0. The highest BCUT2D eigenvalue weighted by atomic mass is 32.1. The van der Waals surface area contributed by atoms with Crippen LogP contribution >= 0.6 is 11.3 Å². The molecule has 0 radical (unpaired) electrons. The van der Waals surface area contributed by atoms with E-state index in [4.69, 9.17) is 5.26 Å². The van der Waals surface area contributed by atoms with Gasteiger partial charge in [-0.05, 0) is 43.0 Å². The second-order valence-corrected chi connectivity index (χ2v) is 6.33. The summed E-state index contributed by atoms with van der Waals surface area (Å²) in [5.41, 5.74) is 1.08. The lowest BCUT2D eigenvalue weighted by atomic mass is 10.2. The van der Waals surface area contributed by atoms with Crippen LogP contribution in [0.4, 0.5) is 5.69 Å². The number of amides is 1. The van der Waals surface area contributed by atoms with Gasteiger partial charge in [-0.2, -0.15) is 5.26 Å². The van der Waals surface area contributed by atoms with Crippen LogP contribution in [0, 0.1) is 11.3 Å². The summed E-state index contributed by atoms with van der Waals surface area (Å²) in [6, 6.07) is 13.7. The molecule has 1 aliphatic heterocycles. The Bertz CT molecular complexity index is 690. The standard InChI is InChI=1S/C17H17N3OS/c18-11-13-5-1-2-6-14(13)19-17(21)12-20-9-3-7-15(20)16-8-4-10-22-16/h1-2,4-6,8,10,15H,3,7,9,12H2,(H,19,21)/t15-/m1/s1. The van der Waals surface area contributed by atoms with Gasteiger partial charge >= 0.3 is 0 Å². The number of likely N-dealkylation sites (tertiary alicyclic amines) is 1. The van der Waals surface area contributed by atoms with E-state index in [9.17, 15) is 4.79 Å². The van der Waals surface area contributed by atoms with E-state index in [0.29, 0.717) is 23.8 Å². The fourth-order valence-electron chi connectivity index (χ4n) is 2.88. The van der Waals surface area contributed by atoms with Crippen LogP contribution in [0.2, 0.25) is 0 Å². The Labute approximate surface area is 134 Å². The second-order valence-electron chi connectivity index (χ2n) is 5.35. The van der Waals surface area contributed by atoms with Crippen molar-refractivity contribution in [1.29, 1.82) is 5.26 Å². The first-order valence-electron chi connectivity index (χ1n) is 7.34. The number of carbonyl (C=O) groups is 1. The lowest BCUT2D eigenvalue weighted by Gasteiger charge is -2.23. The number of carbonyl (C=O) groups excluding carboxylic acids is 1. The molecule has 1 saturated heterocycles. The minimum Gasteiger partial charge on any atom is -0.324 e. The lowest BCUT2D eigenvalue weighted by molar-refractivity contribution is -0.117. The monoisotopic (exact) mass is 311 g/mol. The molecule has 22 heavy (non-hydrogen) atoms. The van der Waals surface area contributed by atoms with Gasteiger partial charge in [-0.15, -0.1) is 11.3 Å². The summed E-state index contributed by atoms with van der Waals surface area (Å²) < 4.78 is 0. The van der Waals surface area contributed by atoms with E-state index in [1.807, 2.05) is 6.07 Å². The first-order valence-corrected chi connectivity index (χ1v) is 8.22. The van der Waals surface area contributed by atoms with Gasteiger partial charge < -0.3 is 5.32 Å². The number of nitriles is 1. The van der Waals surface area contributed by atoms with Crippen molar-refractivity contribution in [3.63, 3.8) is 0 Å². The van der Waals surface area contributed by atoms with Crippen molar-refractivity contribution in [2.45, 2.75) is 18.9 Å². The molecule has 0 bridgehead atoms. The van der Waals surface area contributed by atoms with Crippen molar-refractivity contribution in [3.05, 3.63) is 52.2 Å². The molecule has 1 aromatic heterocycles. The van der Waals surface area contributed by atoms with Crippen LogP contribution in [0.25, 0.3) is 0 Å². The molecule has 1 amide bonds. The molecule has 0 saturated carbocycles. The van der Waals surface area contributed by atoms with Crippen molar-refractivity contribution >= 4 is 22.9 Å². The van der Waals surface area contributed by atoms with E-state index in [0.717, 1.165) is 19.4 Å². The van der Waals surface area contributed by atoms with E-state index < -0.39 is 0 Å². The molecule has 1 aliphatic rings. The zero-order valence-corrected chi connectivity index (χ0v) is 13.0. The highest BCUT2D eigenvalue weighted by Gasteiger charge is 2.28. The number of rotatable bonds is 4. The summed E-state index contributed by atoms with van der Waals surface area (Å²) in [7, 11) is 0. The summed E-state index contributed by atoms with van der Waals surface area (Å²) in [6.45, 7) is 1.30. The third-order valence-electron chi connectivity index (χ3n) is 3.90. The Balaban J connectivity index is 1.65. The molecule has 5 heteroatoms. The van der Waals surface area contributed by atoms with E-state index in [-0.39, 0.29) is 5.91 Å². The topological polar surface area (TPSA) is 56.1 Å². The van der Waals surface area contributed by atoms with Gasteiger partial charge in [-0.1, -0.05) is 18.2 Å². The maximum atomic E-state index is 12.3. The molecule has 1 N–H and O–H groups in total. The highest BCUT2D eigenvalue weighted by Crippen LogP contribution is 2.34. The fourth-order valence-corrected chi connectivity index (χ4v) is 3.78. The molecule has 112 valence electrons. The highest BCUT2D eigenvalue weighted by molar-refractivity contribution is 7.10. The number of anilines is 1. The minimum atomic E-state index is -0.0637. The van der Waals surface area contributed by atoms with Crippen LogP contribution in [0.15, 0.2) is 41.8 Å². The molecule has 1 atom stereocenters. The third kappa shape index (κ3) is 3.19. The van der Waals surface area contributed by atoms with Gasteiger partial charge in [0.25, 0.3) is 0 Å². The Morgan fingerprint density at radius 3 is 3.00 bits per heavy atom. The Hall–Kier alpha value is -2.16. The Kier molecular flexibility index (Phi) is 4.52. The largest absolute Gasteiger partial charge is 0.324 e. The van der Waals surface area contributed by atoms with Crippen molar-refractivity contribution in [3.8, 4) is 6.07 Å². The fraction of sp³-hybridized carbons (Fsp3) is 0.294. The maximum Gasteiger partial charge on any atom is 0.238 e. The number of nitrogens with one attached hydrogen (secondary N) is 1. The molecule has 0 unspecified atom stereocenters. The molecule has 1 fully saturated rings. The predicted octanol–water partition coefficient (Wildman–Crippen LogP) is 3.40. The van der Waals surface area contributed by atoms with Crippen LogP contribution in [0.3, 0.4) is 0 Å². The maximum absolute atomic E-state index is 12.3. The zero-order valence-electron chi connectivity index (χ0n) is 12.2. The average Bonchev–Trinajstić information content (AvgIpc) is 3.18. The Morgan fingerprint density at radius 2 is 2.23 bits per heavy atom. The molecule has 2 aromatic rings. The molecule has 0 aliphatic carbocycles. The van der Waals surface area contributed by atoms with Gasteiger partial charge in [0.1, 0.15) is 6.07 Å². The van der Waals surface area contributed by atoms with Crippen molar-refractivity contribution in [2.75, 3.05) is 18.4 Å². The first kappa shape index (κ1) is 14.8. The van der Waals surface area contributed by atoms with E-state index in [2.05, 4.69) is 33.8 Å². The van der Waals surface area contributed by atoms with Gasteiger partial charge in [0.15, 0.2) is 0 Å². The van der Waals surface area contributed by atoms with E-state index in [1.165, 1.54) is 4.88 Å². The van der Waals surface area contributed by atoms with Crippen LogP contribution in [-0.2, 0) is 4.79 Å². The smallest absolute Gasteiger partial charge is 0.238 e. The van der Waals surface area contributed by atoms with Gasteiger partial charge in [-0.25, -0.2) is 0 Å². The molecule has 0 spiro atoms. The summed E-state index contributed by atoms with van der Waals surface area (Å²) >= 11 is 1.74. The number of benzene rings is 1. The van der Waals surface area contributed by atoms with Crippen LogP contribution in [0.1, 0.15) is 29.3 Å². The number of hydrogen-bond acceptors (Lipinski definition) is 4. The van der Waals surface area contributed by atoms with Crippen LogP contribution in [0.5, 0.6) is 0 Å². The van der Waals surface area contributed by atoms with Gasteiger partial charge in [0, 0.05) is 10.9 Å². The average molecular weight is 311 g/mol. The number of para-hydroxylation sites is 1. The molecule has 3 rings (SSSR count). The second kappa shape index (κ2) is 6.73. The first-order chi connectivity index (χ1) is 10.8.